The van der Waals surface area contributed by atoms with E-state index in [1.165, 1.54) is 11.1 Å². The van der Waals surface area contributed by atoms with Crippen LogP contribution in [0.3, 0.4) is 0 Å². The lowest BCUT2D eigenvalue weighted by atomic mass is 10.1. The summed E-state index contributed by atoms with van der Waals surface area (Å²) in [5.41, 5.74) is 2.40. The van der Waals surface area contributed by atoms with Gasteiger partial charge >= 0.3 is 0 Å². The molecule has 0 saturated carbocycles. The van der Waals surface area contributed by atoms with Crippen LogP contribution < -0.4 is 4.74 Å². The molecule has 0 aliphatic carbocycles. The molecule has 0 radical (unpaired) electrons. The molecule has 0 aliphatic rings. The van der Waals surface area contributed by atoms with E-state index in [1.54, 1.807) is 0 Å². The lowest BCUT2D eigenvalue weighted by Crippen LogP contribution is -2.01. The van der Waals surface area contributed by atoms with Crippen molar-refractivity contribution in [2.24, 2.45) is 0 Å². The Labute approximate surface area is 102 Å². The second-order valence-corrected chi connectivity index (χ2v) is 3.65. The van der Waals surface area contributed by atoms with E-state index in [-0.39, 0.29) is 0 Å². The fraction of sp³-hybridized carbons (Fsp3) is 0.200. The average Bonchev–Trinajstić information content (AvgIpc) is 2.41. The summed E-state index contributed by atoms with van der Waals surface area (Å²) in [5.74, 6) is 0.832. The summed E-state index contributed by atoms with van der Waals surface area (Å²) in [5, 5.41) is 0. The third kappa shape index (κ3) is 3.33. The van der Waals surface area contributed by atoms with Gasteiger partial charge < -0.3 is 9.47 Å². The van der Waals surface area contributed by atoms with Crippen molar-refractivity contribution in [1.29, 1.82) is 0 Å². The van der Waals surface area contributed by atoms with Gasteiger partial charge in [-0.05, 0) is 30.2 Å². The third-order valence-electron chi connectivity index (χ3n) is 2.47. The summed E-state index contributed by atoms with van der Waals surface area (Å²) in [6.45, 7) is 2.92. The molecule has 0 fully saturated rings. The summed E-state index contributed by atoms with van der Waals surface area (Å²) in [4.78, 5) is 0. The van der Waals surface area contributed by atoms with Gasteiger partial charge in [-0.2, -0.15) is 0 Å². The minimum Gasteiger partial charge on any atom is -0.468 e. The van der Waals surface area contributed by atoms with Crippen molar-refractivity contribution in [1.82, 2.24) is 0 Å². The van der Waals surface area contributed by atoms with E-state index in [1.807, 2.05) is 37.3 Å². The zero-order valence-corrected chi connectivity index (χ0v) is 9.93. The van der Waals surface area contributed by atoms with Gasteiger partial charge in [0.25, 0.3) is 0 Å². The van der Waals surface area contributed by atoms with Crippen molar-refractivity contribution in [3.8, 4) is 16.9 Å². The largest absolute Gasteiger partial charge is 0.468 e. The standard InChI is InChI=1S/C15H16O2/c1-2-16-12-17-15-10-8-14(9-11-15)13-6-4-3-5-7-13/h3-11H,2,12H2,1H3. The van der Waals surface area contributed by atoms with Crippen molar-refractivity contribution < 1.29 is 9.47 Å². The fourth-order valence-electron chi connectivity index (χ4n) is 1.57. The summed E-state index contributed by atoms with van der Waals surface area (Å²) < 4.78 is 10.5. The van der Waals surface area contributed by atoms with Crippen LogP contribution in [0.2, 0.25) is 0 Å². The summed E-state index contributed by atoms with van der Waals surface area (Å²) in [7, 11) is 0. The summed E-state index contributed by atoms with van der Waals surface area (Å²) in [6.07, 6.45) is 0. The first-order valence-corrected chi connectivity index (χ1v) is 5.76. The van der Waals surface area contributed by atoms with E-state index >= 15 is 0 Å². The highest BCUT2D eigenvalue weighted by Gasteiger charge is 1.97. The Morgan fingerprint density at radius 1 is 0.824 bits per heavy atom. The van der Waals surface area contributed by atoms with Gasteiger partial charge in [-0.1, -0.05) is 42.5 Å². The van der Waals surface area contributed by atoms with Crippen molar-refractivity contribution in [2.75, 3.05) is 13.4 Å². The fourth-order valence-corrected chi connectivity index (χ4v) is 1.57. The van der Waals surface area contributed by atoms with E-state index in [0.29, 0.717) is 13.4 Å². The van der Waals surface area contributed by atoms with Crippen LogP contribution in [0, 0.1) is 0 Å². The molecule has 0 unspecified atom stereocenters. The molecule has 2 aromatic rings. The molecule has 2 heteroatoms. The molecule has 17 heavy (non-hydrogen) atoms. The van der Waals surface area contributed by atoms with E-state index < -0.39 is 0 Å². The maximum Gasteiger partial charge on any atom is 0.189 e. The van der Waals surface area contributed by atoms with E-state index in [0.717, 1.165) is 5.75 Å². The van der Waals surface area contributed by atoms with Crippen molar-refractivity contribution >= 4 is 0 Å². The number of benzene rings is 2. The second kappa shape index (κ2) is 6.06. The van der Waals surface area contributed by atoms with Gasteiger partial charge in [-0.15, -0.1) is 0 Å². The van der Waals surface area contributed by atoms with E-state index in [4.69, 9.17) is 9.47 Å². The molecule has 0 saturated heterocycles. The monoisotopic (exact) mass is 228 g/mol. The molecule has 0 aromatic heterocycles. The van der Waals surface area contributed by atoms with Gasteiger partial charge in [-0.25, -0.2) is 0 Å². The van der Waals surface area contributed by atoms with Crippen LogP contribution in [0.25, 0.3) is 11.1 Å². The number of hydrogen-bond donors (Lipinski definition) is 0. The average molecular weight is 228 g/mol. The minimum absolute atomic E-state index is 0.307. The maximum absolute atomic E-state index is 5.42. The van der Waals surface area contributed by atoms with Gasteiger partial charge in [0, 0.05) is 6.61 Å². The minimum atomic E-state index is 0.307. The lowest BCUT2D eigenvalue weighted by Gasteiger charge is -2.07. The molecule has 0 bridgehead atoms. The maximum atomic E-state index is 5.42. The highest BCUT2D eigenvalue weighted by molar-refractivity contribution is 5.63. The molecule has 0 N–H and O–H groups in total. The Morgan fingerprint density at radius 3 is 2.12 bits per heavy atom. The normalized spacial score (nSPS) is 10.2. The van der Waals surface area contributed by atoms with Crippen LogP contribution in [0.4, 0.5) is 0 Å². The molecule has 2 nitrogen and oxygen atoms in total. The van der Waals surface area contributed by atoms with Gasteiger partial charge in [0.05, 0.1) is 0 Å². The van der Waals surface area contributed by atoms with E-state index in [2.05, 4.69) is 24.3 Å². The SMILES string of the molecule is CCOCOc1ccc(-c2ccccc2)cc1. The number of hydrogen-bond acceptors (Lipinski definition) is 2. The molecular formula is C15H16O2. The molecular weight excluding hydrogens is 212 g/mol. The van der Waals surface area contributed by atoms with Crippen molar-refractivity contribution in [3.05, 3.63) is 54.6 Å². The first kappa shape index (κ1) is 11.7. The first-order valence-electron chi connectivity index (χ1n) is 5.76. The Hall–Kier alpha value is -1.80. The Morgan fingerprint density at radius 2 is 1.47 bits per heavy atom. The third-order valence-corrected chi connectivity index (χ3v) is 2.47. The van der Waals surface area contributed by atoms with Crippen molar-refractivity contribution in [2.45, 2.75) is 6.92 Å². The van der Waals surface area contributed by atoms with Crippen LogP contribution in [-0.2, 0) is 4.74 Å². The zero-order valence-electron chi connectivity index (χ0n) is 9.93. The predicted octanol–water partition coefficient (Wildman–Crippen LogP) is 3.73. The molecule has 2 aromatic carbocycles. The highest BCUT2D eigenvalue weighted by Crippen LogP contribution is 2.21. The smallest absolute Gasteiger partial charge is 0.189 e. The van der Waals surface area contributed by atoms with Crippen LogP contribution in [0.1, 0.15) is 6.92 Å². The first-order chi connectivity index (χ1) is 8.40. The van der Waals surface area contributed by atoms with Crippen LogP contribution in [0.5, 0.6) is 5.75 Å². The topological polar surface area (TPSA) is 18.5 Å². The van der Waals surface area contributed by atoms with Crippen LogP contribution >= 0.6 is 0 Å². The lowest BCUT2D eigenvalue weighted by molar-refractivity contribution is 0.0224. The molecule has 0 amide bonds. The van der Waals surface area contributed by atoms with Crippen molar-refractivity contribution in [3.63, 3.8) is 0 Å². The summed E-state index contributed by atoms with van der Waals surface area (Å²) >= 11 is 0. The van der Waals surface area contributed by atoms with Gasteiger partial charge in [-0.3, -0.25) is 0 Å². The Bertz CT molecular complexity index is 434. The number of rotatable bonds is 5. The summed E-state index contributed by atoms with van der Waals surface area (Å²) in [6, 6.07) is 18.3. The molecule has 0 atom stereocenters. The Balaban J connectivity index is 2.03. The second-order valence-electron chi connectivity index (χ2n) is 3.65. The van der Waals surface area contributed by atoms with Gasteiger partial charge in [0.15, 0.2) is 6.79 Å². The zero-order chi connectivity index (χ0) is 11.9. The van der Waals surface area contributed by atoms with E-state index in [9.17, 15) is 0 Å². The van der Waals surface area contributed by atoms with Gasteiger partial charge in [0.2, 0.25) is 0 Å². The van der Waals surface area contributed by atoms with Crippen LogP contribution in [-0.4, -0.2) is 13.4 Å². The highest BCUT2D eigenvalue weighted by atomic mass is 16.7. The Kier molecular flexibility index (Phi) is 4.17. The quantitative estimate of drug-likeness (QED) is 0.573. The van der Waals surface area contributed by atoms with Crippen LogP contribution in [0.15, 0.2) is 54.6 Å². The molecule has 0 heterocycles. The number of ether oxygens (including phenoxy) is 2. The van der Waals surface area contributed by atoms with Gasteiger partial charge in [0.1, 0.15) is 5.75 Å². The predicted molar refractivity (Wildman–Crippen MR) is 69.0 cm³/mol. The molecule has 0 spiro atoms. The molecule has 0 aliphatic heterocycles. The molecule has 88 valence electrons. The molecule has 2 rings (SSSR count).